The Balaban J connectivity index is 0.00000132. The molecule has 1 saturated heterocycles. The van der Waals surface area contributed by atoms with Crippen LogP contribution in [0.2, 0.25) is 0 Å². The van der Waals surface area contributed by atoms with Crippen LogP contribution in [0.1, 0.15) is 12.8 Å². The van der Waals surface area contributed by atoms with E-state index in [9.17, 15) is 4.79 Å². The molecule has 0 spiro atoms. The molecule has 7 heteroatoms. The molecule has 1 aliphatic rings. The molecule has 124 valence electrons. The third kappa shape index (κ3) is 5.39. The Morgan fingerprint density at radius 2 is 1.96 bits per heavy atom. The summed E-state index contributed by atoms with van der Waals surface area (Å²) < 4.78 is 5.65. The lowest BCUT2D eigenvalue weighted by molar-refractivity contribution is -0.117. The van der Waals surface area contributed by atoms with Crippen LogP contribution in [0.3, 0.4) is 0 Å². The molecule has 1 aromatic carbocycles. The van der Waals surface area contributed by atoms with Crippen LogP contribution in [-0.4, -0.2) is 23.5 Å². The lowest BCUT2D eigenvalue weighted by atomic mass is 10.2. The molecule has 2 N–H and O–H groups in total. The topological polar surface area (TPSA) is 63.2 Å². The zero-order chi connectivity index (χ0) is 14.5. The predicted octanol–water partition coefficient (Wildman–Crippen LogP) is 3.41. The summed E-state index contributed by atoms with van der Waals surface area (Å²) in [5, 5.41) is 6.08. The Labute approximate surface area is 147 Å². The number of nitrogens with zero attached hydrogens (tertiary/aromatic N) is 1. The van der Waals surface area contributed by atoms with Crippen molar-refractivity contribution < 1.29 is 9.53 Å². The predicted molar refractivity (Wildman–Crippen MR) is 94.9 cm³/mol. The summed E-state index contributed by atoms with van der Waals surface area (Å²) in [4.78, 5) is 16.0. The van der Waals surface area contributed by atoms with Crippen molar-refractivity contribution in [2.75, 3.05) is 11.9 Å². The van der Waals surface area contributed by atoms with Crippen LogP contribution < -0.4 is 15.4 Å². The Morgan fingerprint density at radius 1 is 1.17 bits per heavy atom. The minimum Gasteiger partial charge on any atom is -0.456 e. The fourth-order valence-electron chi connectivity index (χ4n) is 2.29. The number of aromatic nitrogens is 1. The summed E-state index contributed by atoms with van der Waals surface area (Å²) in [7, 11) is 0. The largest absolute Gasteiger partial charge is 0.456 e. The highest BCUT2D eigenvalue weighted by atomic mass is 35.5. The van der Waals surface area contributed by atoms with Crippen LogP contribution in [0.5, 0.6) is 11.5 Å². The summed E-state index contributed by atoms with van der Waals surface area (Å²) in [6, 6.07) is 10.9. The standard InChI is InChI=1S/C16H17N3O2.2ClH/c20-16(15-4-2-10-18-15)19-12-5-7-13(8-6-12)21-14-3-1-9-17-11-14;;/h1,3,5-9,11,15,18H,2,4,10H2,(H,19,20);2*1H. The van der Waals surface area contributed by atoms with Gasteiger partial charge in [0.15, 0.2) is 0 Å². The van der Waals surface area contributed by atoms with Gasteiger partial charge in [-0.25, -0.2) is 0 Å². The second-order valence-electron chi connectivity index (χ2n) is 4.95. The van der Waals surface area contributed by atoms with Crippen LogP contribution in [0.25, 0.3) is 0 Å². The molecule has 1 amide bonds. The van der Waals surface area contributed by atoms with E-state index in [1.165, 1.54) is 0 Å². The van der Waals surface area contributed by atoms with E-state index in [4.69, 9.17) is 4.74 Å². The van der Waals surface area contributed by atoms with E-state index in [0.717, 1.165) is 25.1 Å². The van der Waals surface area contributed by atoms with Crippen molar-refractivity contribution in [3.63, 3.8) is 0 Å². The molecule has 1 atom stereocenters. The Bertz CT molecular complexity index is 602. The summed E-state index contributed by atoms with van der Waals surface area (Å²) >= 11 is 0. The van der Waals surface area contributed by atoms with E-state index < -0.39 is 0 Å². The number of ether oxygens (including phenoxy) is 1. The highest BCUT2D eigenvalue weighted by Gasteiger charge is 2.21. The van der Waals surface area contributed by atoms with Gasteiger partial charge in [-0.2, -0.15) is 0 Å². The summed E-state index contributed by atoms with van der Waals surface area (Å²) in [5.41, 5.74) is 0.771. The van der Waals surface area contributed by atoms with Crippen molar-refractivity contribution in [1.82, 2.24) is 10.3 Å². The number of pyridine rings is 1. The zero-order valence-electron chi connectivity index (χ0n) is 12.4. The van der Waals surface area contributed by atoms with Gasteiger partial charge in [0.25, 0.3) is 0 Å². The number of amides is 1. The summed E-state index contributed by atoms with van der Waals surface area (Å²) in [6.45, 7) is 0.913. The number of anilines is 1. The maximum absolute atomic E-state index is 12.0. The highest BCUT2D eigenvalue weighted by Crippen LogP contribution is 2.22. The van der Waals surface area contributed by atoms with Crippen LogP contribution in [0.4, 0.5) is 5.69 Å². The van der Waals surface area contributed by atoms with Gasteiger partial charge in [-0.3, -0.25) is 9.78 Å². The van der Waals surface area contributed by atoms with Gasteiger partial charge in [0.2, 0.25) is 5.91 Å². The number of carbonyl (C=O) groups is 1. The molecule has 2 heterocycles. The SMILES string of the molecule is Cl.Cl.O=C(Nc1ccc(Oc2cccnc2)cc1)C1CCCN1. The van der Waals surface area contributed by atoms with Crippen molar-refractivity contribution in [1.29, 1.82) is 0 Å². The van der Waals surface area contributed by atoms with E-state index in [1.807, 2.05) is 36.4 Å². The molecule has 5 nitrogen and oxygen atoms in total. The van der Waals surface area contributed by atoms with Crippen molar-refractivity contribution in [3.8, 4) is 11.5 Å². The second-order valence-corrected chi connectivity index (χ2v) is 4.95. The van der Waals surface area contributed by atoms with Gasteiger partial charge in [-0.15, -0.1) is 24.8 Å². The van der Waals surface area contributed by atoms with Gasteiger partial charge in [0, 0.05) is 11.9 Å². The molecule has 3 rings (SSSR count). The van der Waals surface area contributed by atoms with Crippen LogP contribution >= 0.6 is 24.8 Å². The molecular weight excluding hydrogens is 337 g/mol. The lowest BCUT2D eigenvalue weighted by Crippen LogP contribution is -2.35. The van der Waals surface area contributed by atoms with E-state index in [-0.39, 0.29) is 36.8 Å². The molecule has 1 unspecified atom stereocenters. The lowest BCUT2D eigenvalue weighted by Gasteiger charge is -2.11. The van der Waals surface area contributed by atoms with E-state index in [1.54, 1.807) is 12.4 Å². The van der Waals surface area contributed by atoms with Crippen molar-refractivity contribution >= 4 is 36.4 Å². The van der Waals surface area contributed by atoms with Gasteiger partial charge < -0.3 is 15.4 Å². The maximum Gasteiger partial charge on any atom is 0.241 e. The number of hydrogen-bond acceptors (Lipinski definition) is 4. The molecule has 2 aromatic rings. The minimum atomic E-state index is -0.0729. The van der Waals surface area contributed by atoms with E-state index >= 15 is 0 Å². The molecule has 0 saturated carbocycles. The third-order valence-corrected chi connectivity index (χ3v) is 3.37. The van der Waals surface area contributed by atoms with Crippen LogP contribution in [0.15, 0.2) is 48.8 Å². The number of benzene rings is 1. The number of nitrogens with one attached hydrogen (secondary N) is 2. The van der Waals surface area contributed by atoms with E-state index in [0.29, 0.717) is 11.5 Å². The number of carbonyl (C=O) groups excluding carboxylic acids is 1. The van der Waals surface area contributed by atoms with Crippen molar-refractivity contribution in [3.05, 3.63) is 48.8 Å². The highest BCUT2D eigenvalue weighted by molar-refractivity contribution is 5.95. The van der Waals surface area contributed by atoms with Gasteiger partial charge in [0.05, 0.1) is 12.2 Å². The molecule has 0 bridgehead atoms. The van der Waals surface area contributed by atoms with Crippen molar-refractivity contribution in [2.45, 2.75) is 18.9 Å². The summed E-state index contributed by atoms with van der Waals surface area (Å²) in [5.74, 6) is 1.41. The van der Waals surface area contributed by atoms with Crippen LogP contribution in [0, 0.1) is 0 Å². The molecule has 1 fully saturated rings. The molecule has 0 radical (unpaired) electrons. The second kappa shape index (κ2) is 9.35. The Morgan fingerprint density at radius 3 is 2.57 bits per heavy atom. The average Bonchev–Trinajstić information content (AvgIpc) is 3.05. The Kier molecular flexibility index (Phi) is 7.81. The average molecular weight is 356 g/mol. The Hall–Kier alpha value is -1.82. The molecular formula is C16H19Cl2N3O2. The minimum absolute atomic E-state index is 0. The molecule has 1 aliphatic heterocycles. The first-order chi connectivity index (χ1) is 10.3. The van der Waals surface area contributed by atoms with Gasteiger partial charge >= 0.3 is 0 Å². The first-order valence-electron chi connectivity index (χ1n) is 7.03. The third-order valence-electron chi connectivity index (χ3n) is 3.37. The number of halogens is 2. The van der Waals surface area contributed by atoms with Crippen molar-refractivity contribution in [2.24, 2.45) is 0 Å². The molecule has 0 aliphatic carbocycles. The van der Waals surface area contributed by atoms with Gasteiger partial charge in [-0.1, -0.05) is 0 Å². The smallest absolute Gasteiger partial charge is 0.241 e. The zero-order valence-corrected chi connectivity index (χ0v) is 14.0. The fraction of sp³-hybridized carbons (Fsp3) is 0.250. The van der Waals surface area contributed by atoms with E-state index in [2.05, 4.69) is 15.6 Å². The monoisotopic (exact) mass is 355 g/mol. The first kappa shape index (κ1) is 19.2. The van der Waals surface area contributed by atoms with Gasteiger partial charge in [0.1, 0.15) is 11.5 Å². The normalized spacial score (nSPS) is 15.9. The first-order valence-corrected chi connectivity index (χ1v) is 7.03. The van der Waals surface area contributed by atoms with Gasteiger partial charge in [-0.05, 0) is 55.8 Å². The quantitative estimate of drug-likeness (QED) is 0.881. The number of rotatable bonds is 4. The molecule has 1 aromatic heterocycles. The van der Waals surface area contributed by atoms with Crippen LogP contribution in [-0.2, 0) is 4.79 Å². The maximum atomic E-state index is 12.0. The number of hydrogen-bond donors (Lipinski definition) is 2. The fourth-order valence-corrected chi connectivity index (χ4v) is 2.29. The summed E-state index contributed by atoms with van der Waals surface area (Å²) in [6.07, 6.45) is 5.30. The molecule has 23 heavy (non-hydrogen) atoms.